The summed E-state index contributed by atoms with van der Waals surface area (Å²) in [5.74, 6) is 0. The van der Waals surface area contributed by atoms with Crippen molar-refractivity contribution in [3.8, 4) is 4.53 Å². The van der Waals surface area contributed by atoms with E-state index in [2.05, 4.69) is 42.1 Å². The molecule has 0 aliphatic carbocycles. The molecule has 0 rings (SSSR count). The van der Waals surface area contributed by atoms with E-state index in [0.29, 0.717) is 0 Å². The second-order valence-electron chi connectivity index (χ2n) is 2.36. The molecule has 0 nitrogen and oxygen atoms in total. The van der Waals surface area contributed by atoms with E-state index in [-0.39, 0.29) is 5.41 Å². The maximum atomic E-state index is 3.04. The van der Waals surface area contributed by atoms with Gasteiger partial charge in [-0.15, -0.1) is 0 Å². The Bertz CT molecular complexity index is 70.9. The Balaban J connectivity index is 3.55. The van der Waals surface area contributed by atoms with Crippen LogP contribution < -0.4 is 0 Å². The molecule has 0 aromatic rings. The molecular formula is C5H9V+. The van der Waals surface area contributed by atoms with Crippen molar-refractivity contribution in [3.63, 3.8) is 0 Å². The average molecular weight is 120 g/mol. The standard InChI is InChI=1S/C5H9.V/c1-5(2,3)4;/h1-3H3;/q;+1. The van der Waals surface area contributed by atoms with Gasteiger partial charge in [0.05, 0.1) is 0 Å². The fraction of sp³-hybridized carbons (Fsp3) is 0.800. The molecule has 6 heavy (non-hydrogen) atoms. The minimum absolute atomic E-state index is 0.264. The molecule has 0 spiro atoms. The van der Waals surface area contributed by atoms with Gasteiger partial charge in [-0.05, 0) is 0 Å². The summed E-state index contributed by atoms with van der Waals surface area (Å²) in [7, 11) is 0. The van der Waals surface area contributed by atoms with E-state index in [1.165, 1.54) is 0 Å². The topological polar surface area (TPSA) is 0 Å². The Morgan fingerprint density at radius 1 is 1.33 bits per heavy atom. The number of rotatable bonds is 0. The van der Waals surface area contributed by atoms with Gasteiger partial charge in [0, 0.05) is 0 Å². The van der Waals surface area contributed by atoms with Crippen LogP contribution in [0.25, 0.3) is 0 Å². The van der Waals surface area contributed by atoms with Gasteiger partial charge < -0.3 is 0 Å². The first-order valence-corrected chi connectivity index (χ1v) is 2.67. The molecule has 0 atom stereocenters. The van der Waals surface area contributed by atoms with Crippen molar-refractivity contribution in [2.24, 2.45) is 5.41 Å². The average Bonchev–Trinajstić information content (AvgIpc) is 1.35. The summed E-state index contributed by atoms with van der Waals surface area (Å²) < 4.78 is 3.04. The van der Waals surface area contributed by atoms with Crippen molar-refractivity contribution in [2.75, 3.05) is 0 Å². The Morgan fingerprint density at radius 3 is 1.50 bits per heavy atom. The molecule has 0 aromatic heterocycles. The van der Waals surface area contributed by atoms with Gasteiger partial charge in [-0.25, -0.2) is 0 Å². The second kappa shape index (κ2) is 1.88. The van der Waals surface area contributed by atoms with E-state index in [9.17, 15) is 0 Å². The van der Waals surface area contributed by atoms with Crippen LogP contribution in [0.1, 0.15) is 20.8 Å². The zero-order valence-electron chi connectivity index (χ0n) is 4.45. The molecule has 0 aromatic carbocycles. The molecule has 0 bridgehead atoms. The maximum absolute atomic E-state index is 3.04. The van der Waals surface area contributed by atoms with E-state index in [4.69, 9.17) is 0 Å². The summed E-state index contributed by atoms with van der Waals surface area (Å²) in [6, 6.07) is 0. The van der Waals surface area contributed by atoms with Crippen LogP contribution in [-0.4, -0.2) is 0 Å². The molecule has 0 heterocycles. The predicted molar refractivity (Wildman–Crippen MR) is 23.3 cm³/mol. The van der Waals surface area contributed by atoms with Gasteiger partial charge in [0.25, 0.3) is 0 Å². The van der Waals surface area contributed by atoms with Crippen LogP contribution >= 0.6 is 0 Å². The second-order valence-corrected chi connectivity index (χ2v) is 2.71. The van der Waals surface area contributed by atoms with Gasteiger partial charge in [-0.1, -0.05) is 0 Å². The normalized spacial score (nSPS) is 10.8. The van der Waals surface area contributed by atoms with E-state index < -0.39 is 0 Å². The predicted octanol–water partition coefficient (Wildman–Crippen LogP) is 1.54. The Hall–Kier alpha value is 0.364. The molecular weight excluding hydrogens is 111 g/mol. The molecule has 0 aliphatic rings. The van der Waals surface area contributed by atoms with Crippen molar-refractivity contribution >= 4 is 0 Å². The van der Waals surface area contributed by atoms with Gasteiger partial charge in [0.1, 0.15) is 0 Å². The third-order valence-electron chi connectivity index (χ3n) is 0.335. The van der Waals surface area contributed by atoms with Crippen LogP contribution in [0.3, 0.4) is 0 Å². The zero-order valence-corrected chi connectivity index (χ0v) is 5.84. The summed E-state index contributed by atoms with van der Waals surface area (Å²) in [5.41, 5.74) is 0.264. The van der Waals surface area contributed by atoms with Crippen LogP contribution in [-0.2, 0) is 16.8 Å². The molecule has 1 heteroatoms. The quantitative estimate of drug-likeness (QED) is 0.454. The van der Waals surface area contributed by atoms with Crippen molar-refractivity contribution in [1.29, 1.82) is 0 Å². The molecule has 0 amide bonds. The van der Waals surface area contributed by atoms with E-state index in [1.807, 2.05) is 0 Å². The Morgan fingerprint density at radius 2 is 1.50 bits per heavy atom. The van der Waals surface area contributed by atoms with Crippen molar-refractivity contribution in [1.82, 2.24) is 0 Å². The van der Waals surface area contributed by atoms with Crippen molar-refractivity contribution in [3.05, 3.63) is 0 Å². The first kappa shape index (κ1) is 6.36. The third-order valence-corrected chi connectivity index (χ3v) is 1.38. The van der Waals surface area contributed by atoms with Gasteiger partial charge in [0.2, 0.25) is 0 Å². The monoisotopic (exact) mass is 120 g/mol. The van der Waals surface area contributed by atoms with E-state index in [1.54, 1.807) is 0 Å². The molecule has 0 N–H and O–H groups in total. The van der Waals surface area contributed by atoms with Crippen molar-refractivity contribution < 1.29 is 16.8 Å². The summed E-state index contributed by atoms with van der Waals surface area (Å²) in [4.78, 5) is 0. The minimum atomic E-state index is 0.264. The Labute approximate surface area is 48.0 Å². The zero-order chi connectivity index (χ0) is 5.21. The van der Waals surface area contributed by atoms with Crippen LogP contribution in [0.15, 0.2) is 0 Å². The van der Waals surface area contributed by atoms with E-state index >= 15 is 0 Å². The van der Waals surface area contributed by atoms with Crippen LogP contribution in [0.2, 0.25) is 0 Å². The summed E-state index contributed by atoms with van der Waals surface area (Å²) >= 11 is 2.35. The molecule has 0 radical (unpaired) electrons. The fourth-order valence-corrected chi connectivity index (χ4v) is 0. The fourth-order valence-electron chi connectivity index (χ4n) is 0. The molecule has 0 saturated heterocycles. The first-order valence-electron chi connectivity index (χ1n) is 1.97. The summed E-state index contributed by atoms with van der Waals surface area (Å²) in [6.07, 6.45) is 0. The first-order chi connectivity index (χ1) is 2.56. The van der Waals surface area contributed by atoms with Gasteiger partial charge in [-0.3, -0.25) is 0 Å². The van der Waals surface area contributed by atoms with Crippen molar-refractivity contribution in [2.45, 2.75) is 20.8 Å². The number of hydrogen-bond acceptors (Lipinski definition) is 0. The third kappa shape index (κ3) is 4.36. The molecule has 0 saturated carbocycles. The molecule has 0 fully saturated rings. The SMILES string of the molecule is CC(C)(C)[C]#[V+]. The molecule has 0 unspecified atom stereocenters. The van der Waals surface area contributed by atoms with Crippen LogP contribution in [0.5, 0.6) is 0 Å². The van der Waals surface area contributed by atoms with Crippen LogP contribution in [0.4, 0.5) is 0 Å². The molecule has 33 valence electrons. The molecule has 0 aliphatic heterocycles. The van der Waals surface area contributed by atoms with Crippen LogP contribution in [0, 0.1) is 9.95 Å². The van der Waals surface area contributed by atoms with Gasteiger partial charge >= 0.3 is 47.5 Å². The van der Waals surface area contributed by atoms with Gasteiger partial charge in [-0.2, -0.15) is 0 Å². The summed E-state index contributed by atoms with van der Waals surface area (Å²) in [5, 5.41) is 0. The van der Waals surface area contributed by atoms with Gasteiger partial charge in [0.15, 0.2) is 0 Å². The Kier molecular flexibility index (Phi) is 2.00. The number of hydrogen-bond donors (Lipinski definition) is 0. The summed E-state index contributed by atoms with van der Waals surface area (Å²) in [6.45, 7) is 6.35. The van der Waals surface area contributed by atoms with E-state index in [0.717, 1.165) is 0 Å².